The second kappa shape index (κ2) is 6.04. The zero-order valence-corrected chi connectivity index (χ0v) is 13.9. The van der Waals surface area contributed by atoms with Crippen molar-refractivity contribution in [2.24, 2.45) is 5.41 Å². The van der Waals surface area contributed by atoms with Crippen LogP contribution < -0.4 is 5.32 Å². The molecule has 2 aliphatic rings. The number of nitrogens with one attached hydrogen (secondary N) is 1. The molecule has 1 heterocycles. The monoisotopic (exact) mass is 324 g/mol. The first-order valence-corrected chi connectivity index (χ1v) is 8.95. The van der Waals surface area contributed by atoms with Crippen molar-refractivity contribution >= 4 is 5.91 Å². The Kier molecular flexibility index (Phi) is 3.87. The van der Waals surface area contributed by atoms with Crippen LogP contribution in [0.4, 0.5) is 0 Å². The maximum Gasteiger partial charge on any atom is 0.231 e. The molecule has 4 rings (SSSR count). The van der Waals surface area contributed by atoms with E-state index < -0.39 is 0 Å². The van der Waals surface area contributed by atoms with Crippen molar-refractivity contribution in [3.05, 3.63) is 48.3 Å². The standard InChI is InChI=1S/C19H24N4O/c24-17(20-11-6-13-23-14-12-21-22-23)19(16-7-2-1-3-8-16)15-18(19)9-4-5-10-18/h1-3,7-8,12,14H,4-6,9-11,13,15H2,(H,20,24). The summed E-state index contributed by atoms with van der Waals surface area (Å²) in [4.78, 5) is 13.1. The average Bonchev–Trinajstić information content (AvgIpc) is 2.98. The van der Waals surface area contributed by atoms with E-state index in [1.807, 2.05) is 12.3 Å². The van der Waals surface area contributed by atoms with Gasteiger partial charge in [0, 0.05) is 19.3 Å². The highest BCUT2D eigenvalue weighted by molar-refractivity contribution is 5.93. The number of hydrogen-bond acceptors (Lipinski definition) is 3. The Hall–Kier alpha value is -2.17. The topological polar surface area (TPSA) is 59.8 Å². The number of rotatable bonds is 6. The molecular weight excluding hydrogens is 300 g/mol. The number of aryl methyl sites for hydroxylation is 1. The molecule has 1 amide bonds. The number of amides is 1. The van der Waals surface area contributed by atoms with Crippen LogP contribution in [0.1, 0.15) is 44.1 Å². The molecule has 1 atom stereocenters. The van der Waals surface area contributed by atoms with Crippen LogP contribution in [0.15, 0.2) is 42.7 Å². The molecule has 0 bridgehead atoms. The normalized spacial score (nSPS) is 24.2. The minimum absolute atomic E-state index is 0.213. The van der Waals surface area contributed by atoms with E-state index in [1.54, 1.807) is 10.9 Å². The van der Waals surface area contributed by atoms with Crippen molar-refractivity contribution in [3.63, 3.8) is 0 Å². The Morgan fingerprint density at radius 2 is 2.00 bits per heavy atom. The van der Waals surface area contributed by atoms with E-state index in [0.29, 0.717) is 6.54 Å². The molecule has 1 aromatic heterocycles. The molecule has 0 radical (unpaired) electrons. The van der Waals surface area contributed by atoms with Gasteiger partial charge in [-0.2, -0.15) is 0 Å². The molecule has 0 saturated heterocycles. The highest BCUT2D eigenvalue weighted by atomic mass is 16.2. The first-order chi connectivity index (χ1) is 11.8. The second-order valence-corrected chi connectivity index (χ2v) is 7.21. The summed E-state index contributed by atoms with van der Waals surface area (Å²) in [6, 6.07) is 10.4. The van der Waals surface area contributed by atoms with Crippen LogP contribution in [-0.2, 0) is 16.8 Å². The smallest absolute Gasteiger partial charge is 0.231 e. The summed E-state index contributed by atoms with van der Waals surface area (Å²) in [5.74, 6) is 0.217. The first-order valence-electron chi connectivity index (χ1n) is 8.95. The average molecular weight is 324 g/mol. The van der Waals surface area contributed by atoms with Gasteiger partial charge in [-0.15, -0.1) is 5.10 Å². The third kappa shape index (κ3) is 2.43. The molecule has 0 aliphatic heterocycles. The molecule has 2 aromatic rings. The second-order valence-electron chi connectivity index (χ2n) is 7.21. The SMILES string of the molecule is O=C(NCCCn1ccnn1)C1(c2ccccc2)CC12CCCC2. The maximum absolute atomic E-state index is 13.1. The lowest BCUT2D eigenvalue weighted by Crippen LogP contribution is -2.39. The summed E-state index contributed by atoms with van der Waals surface area (Å²) in [7, 11) is 0. The molecule has 126 valence electrons. The van der Waals surface area contributed by atoms with E-state index in [1.165, 1.54) is 31.2 Å². The third-order valence-corrected chi connectivity index (χ3v) is 5.92. The predicted molar refractivity (Wildman–Crippen MR) is 91.3 cm³/mol. The van der Waals surface area contributed by atoms with Crippen molar-refractivity contribution < 1.29 is 4.79 Å². The summed E-state index contributed by atoms with van der Waals surface area (Å²) in [6.07, 6.45) is 10.3. The summed E-state index contributed by atoms with van der Waals surface area (Å²) in [6.45, 7) is 1.47. The highest BCUT2D eigenvalue weighted by Crippen LogP contribution is 2.72. The largest absolute Gasteiger partial charge is 0.355 e. The van der Waals surface area contributed by atoms with Gasteiger partial charge in [0.2, 0.25) is 5.91 Å². The summed E-state index contributed by atoms with van der Waals surface area (Å²) in [5, 5.41) is 10.9. The van der Waals surface area contributed by atoms with Crippen LogP contribution in [0.3, 0.4) is 0 Å². The van der Waals surface area contributed by atoms with Crippen molar-refractivity contribution in [1.82, 2.24) is 20.3 Å². The molecule has 1 unspecified atom stereocenters. The van der Waals surface area contributed by atoms with E-state index in [4.69, 9.17) is 0 Å². The molecule has 24 heavy (non-hydrogen) atoms. The summed E-state index contributed by atoms with van der Waals surface area (Å²) < 4.78 is 1.80. The quantitative estimate of drug-likeness (QED) is 0.831. The Balaban J connectivity index is 1.43. The van der Waals surface area contributed by atoms with Crippen molar-refractivity contribution in [2.45, 2.75) is 50.5 Å². The first kappa shape index (κ1) is 15.4. The zero-order chi connectivity index (χ0) is 16.5. The van der Waals surface area contributed by atoms with E-state index in [-0.39, 0.29) is 16.7 Å². The van der Waals surface area contributed by atoms with Crippen LogP contribution in [0, 0.1) is 5.41 Å². The number of carbonyl (C=O) groups is 1. The van der Waals surface area contributed by atoms with Gasteiger partial charge in [0.05, 0.1) is 11.6 Å². The van der Waals surface area contributed by atoms with Gasteiger partial charge in [-0.1, -0.05) is 48.4 Å². The predicted octanol–water partition coefficient (Wildman–Crippen LogP) is 2.69. The van der Waals surface area contributed by atoms with Crippen molar-refractivity contribution in [3.8, 4) is 0 Å². The van der Waals surface area contributed by atoms with Crippen molar-refractivity contribution in [2.75, 3.05) is 6.54 Å². The molecule has 2 saturated carbocycles. The Morgan fingerprint density at radius 3 is 2.71 bits per heavy atom. The van der Waals surface area contributed by atoms with E-state index in [9.17, 15) is 4.79 Å². The lowest BCUT2D eigenvalue weighted by molar-refractivity contribution is -0.124. The fraction of sp³-hybridized carbons (Fsp3) is 0.526. The van der Waals surface area contributed by atoms with Gasteiger partial charge in [-0.3, -0.25) is 9.48 Å². The molecule has 1 N–H and O–H groups in total. The van der Waals surface area contributed by atoms with Crippen LogP contribution in [0.2, 0.25) is 0 Å². The maximum atomic E-state index is 13.1. The van der Waals surface area contributed by atoms with Gasteiger partial charge < -0.3 is 5.32 Å². The molecule has 2 fully saturated rings. The van der Waals surface area contributed by atoms with Crippen LogP contribution in [0.25, 0.3) is 0 Å². The third-order valence-electron chi connectivity index (χ3n) is 5.92. The van der Waals surface area contributed by atoms with Gasteiger partial charge in [-0.05, 0) is 36.7 Å². The van der Waals surface area contributed by atoms with Gasteiger partial charge in [-0.25, -0.2) is 0 Å². The van der Waals surface area contributed by atoms with E-state index in [2.05, 4.69) is 39.9 Å². The lowest BCUT2D eigenvalue weighted by Gasteiger charge is -2.22. The van der Waals surface area contributed by atoms with Crippen LogP contribution in [-0.4, -0.2) is 27.4 Å². The molecule has 2 aliphatic carbocycles. The number of carbonyl (C=O) groups excluding carboxylic acids is 1. The molecule has 5 heteroatoms. The zero-order valence-electron chi connectivity index (χ0n) is 13.9. The number of aromatic nitrogens is 3. The van der Waals surface area contributed by atoms with E-state index >= 15 is 0 Å². The van der Waals surface area contributed by atoms with Crippen molar-refractivity contribution in [1.29, 1.82) is 0 Å². The minimum Gasteiger partial charge on any atom is -0.355 e. The fourth-order valence-electron chi connectivity index (χ4n) is 4.65. The summed E-state index contributed by atoms with van der Waals surface area (Å²) >= 11 is 0. The molecule has 5 nitrogen and oxygen atoms in total. The number of hydrogen-bond donors (Lipinski definition) is 1. The minimum atomic E-state index is -0.294. The molecule has 1 spiro atoms. The molecular formula is C19H24N4O. The van der Waals surface area contributed by atoms with Crippen LogP contribution in [0.5, 0.6) is 0 Å². The number of benzene rings is 1. The Labute approximate surface area is 142 Å². The van der Waals surface area contributed by atoms with Gasteiger partial charge >= 0.3 is 0 Å². The Bertz CT molecular complexity index is 691. The molecule has 1 aromatic carbocycles. The van der Waals surface area contributed by atoms with Gasteiger partial charge in [0.1, 0.15) is 0 Å². The number of nitrogens with zero attached hydrogens (tertiary/aromatic N) is 3. The highest BCUT2D eigenvalue weighted by Gasteiger charge is 2.72. The van der Waals surface area contributed by atoms with E-state index in [0.717, 1.165) is 19.4 Å². The lowest BCUT2D eigenvalue weighted by atomic mass is 9.84. The fourth-order valence-corrected chi connectivity index (χ4v) is 4.65. The summed E-state index contributed by atoms with van der Waals surface area (Å²) in [5.41, 5.74) is 1.11. The Morgan fingerprint density at radius 1 is 1.21 bits per heavy atom. The van der Waals surface area contributed by atoms with Gasteiger partial charge in [0.15, 0.2) is 0 Å². The van der Waals surface area contributed by atoms with Crippen LogP contribution >= 0.6 is 0 Å². The van der Waals surface area contributed by atoms with Gasteiger partial charge in [0.25, 0.3) is 0 Å².